The van der Waals surface area contributed by atoms with Gasteiger partial charge in [-0.05, 0) is 13.8 Å². The highest BCUT2D eigenvalue weighted by atomic mass is 33.1. The molecule has 0 aromatic rings. The molecule has 0 aliphatic carbocycles. The second-order valence-corrected chi connectivity index (χ2v) is 7.82. The summed E-state index contributed by atoms with van der Waals surface area (Å²) >= 11 is 0. The average Bonchev–Trinajstić information content (AvgIpc) is 2.54. The fraction of sp³-hybridized carbons (Fsp3) is 0.765. The molecule has 0 heterocycles. The van der Waals surface area contributed by atoms with Crippen molar-refractivity contribution in [1.29, 1.82) is 0 Å². The van der Waals surface area contributed by atoms with Crippen molar-refractivity contribution >= 4 is 33.4 Å². The Hall–Kier alpha value is -0.880. The Bertz CT molecular complexity index is 431. The van der Waals surface area contributed by atoms with E-state index >= 15 is 0 Å². The third-order valence-electron chi connectivity index (χ3n) is 2.16. The molecular formula is C17H36N2O4S2. The molecule has 8 heteroatoms. The minimum atomic E-state index is -0.338. The zero-order chi connectivity index (χ0) is 19.6. The van der Waals surface area contributed by atoms with Crippen molar-refractivity contribution in [2.24, 2.45) is 0 Å². The number of ether oxygens (including phenoxy) is 2. The van der Waals surface area contributed by atoms with Crippen LogP contribution < -0.4 is 10.6 Å². The predicted octanol–water partition coefficient (Wildman–Crippen LogP) is 3.28. The van der Waals surface area contributed by atoms with Crippen LogP contribution in [0.1, 0.15) is 50.8 Å². The summed E-state index contributed by atoms with van der Waals surface area (Å²) in [5.74, 6) is 5.93. The Morgan fingerprint density at radius 3 is 2.40 bits per heavy atom. The van der Waals surface area contributed by atoms with Gasteiger partial charge in [0.15, 0.2) is 0 Å². The molecule has 0 saturated heterocycles. The van der Waals surface area contributed by atoms with E-state index in [0.29, 0.717) is 25.7 Å². The number of nitrogens with one attached hydrogen (secondary N) is 2. The molecule has 2 amide bonds. The van der Waals surface area contributed by atoms with E-state index in [4.69, 9.17) is 9.47 Å². The van der Waals surface area contributed by atoms with Crippen LogP contribution in [-0.2, 0) is 19.1 Å². The summed E-state index contributed by atoms with van der Waals surface area (Å²) in [6.45, 7) is 12.4. The molecule has 0 spiro atoms. The van der Waals surface area contributed by atoms with Crippen LogP contribution in [0.25, 0.3) is 0 Å². The van der Waals surface area contributed by atoms with E-state index in [2.05, 4.69) is 22.5 Å². The monoisotopic (exact) mass is 396 g/mol. The number of rotatable bonds is 11. The van der Waals surface area contributed by atoms with Gasteiger partial charge in [0.2, 0.25) is 11.8 Å². The third-order valence-corrected chi connectivity index (χ3v) is 4.95. The van der Waals surface area contributed by atoms with Crippen molar-refractivity contribution in [3.05, 3.63) is 0 Å². The molecule has 150 valence electrons. The molecule has 0 radical (unpaired) electrons. The zero-order valence-corrected chi connectivity index (χ0v) is 17.8. The van der Waals surface area contributed by atoms with Gasteiger partial charge in [0.25, 0.3) is 0 Å². The molecule has 0 aliphatic heterocycles. The van der Waals surface area contributed by atoms with Crippen molar-refractivity contribution < 1.29 is 21.9 Å². The second-order valence-electron chi connectivity index (χ2n) is 4.96. The predicted molar refractivity (Wildman–Crippen MR) is 111 cm³/mol. The summed E-state index contributed by atoms with van der Waals surface area (Å²) in [5, 5.41) is 5.48. The van der Waals surface area contributed by atoms with Gasteiger partial charge in [-0.3, -0.25) is 9.59 Å². The van der Waals surface area contributed by atoms with Gasteiger partial charge >= 0.3 is 0 Å². The molecule has 0 aliphatic rings. The maximum Gasteiger partial charge on any atom is 0.246 e. The Labute approximate surface area is 163 Å². The van der Waals surface area contributed by atoms with Gasteiger partial charge in [-0.1, -0.05) is 48.3 Å². The summed E-state index contributed by atoms with van der Waals surface area (Å²) < 4.78 is 10.6. The Balaban J connectivity index is -0.000000637. The molecule has 0 saturated carbocycles. The Morgan fingerprint density at radius 1 is 1.16 bits per heavy atom. The molecule has 25 heavy (non-hydrogen) atoms. The van der Waals surface area contributed by atoms with E-state index in [1.807, 2.05) is 34.6 Å². The van der Waals surface area contributed by atoms with Crippen molar-refractivity contribution in [3.8, 4) is 11.8 Å². The van der Waals surface area contributed by atoms with Gasteiger partial charge in [0, 0.05) is 16.2 Å². The van der Waals surface area contributed by atoms with E-state index in [9.17, 15) is 9.59 Å². The van der Waals surface area contributed by atoms with E-state index in [-0.39, 0.29) is 26.1 Å². The van der Waals surface area contributed by atoms with Crippen LogP contribution in [0, 0.1) is 11.8 Å². The largest absolute Gasteiger partial charge is 0.369 e. The summed E-state index contributed by atoms with van der Waals surface area (Å²) in [7, 11) is 3.04. The quantitative estimate of drug-likeness (QED) is 0.242. The highest BCUT2D eigenvalue weighted by Gasteiger charge is 2.19. The molecule has 0 aromatic carbocycles. The lowest BCUT2D eigenvalue weighted by Crippen LogP contribution is -2.38. The van der Waals surface area contributed by atoms with Gasteiger partial charge in [0.1, 0.15) is 12.5 Å². The van der Waals surface area contributed by atoms with Gasteiger partial charge in [0.05, 0.1) is 24.6 Å². The number of carbonyl (C=O) groups excluding carboxylic acids is 2. The molecule has 0 fully saturated rings. The van der Waals surface area contributed by atoms with Gasteiger partial charge in [-0.15, -0.1) is 5.92 Å². The molecule has 0 unspecified atom stereocenters. The molecule has 0 rings (SSSR count). The van der Waals surface area contributed by atoms with Gasteiger partial charge < -0.3 is 20.1 Å². The summed E-state index contributed by atoms with van der Waals surface area (Å²) in [4.78, 5) is 22.0. The number of hydrogen-bond donors (Lipinski definition) is 2. The Morgan fingerprint density at radius 2 is 1.80 bits per heavy atom. The minimum Gasteiger partial charge on any atom is -0.369 e. The summed E-state index contributed by atoms with van der Waals surface area (Å²) in [6.07, 6.45) is 0.780. The SMILES string of the molecule is CC.CCC#CCNC(=O)COCCOCSSC(C)(C)NC(C)=O.[HH].[HH]. The minimum absolute atomic E-state index is 0. The second kappa shape index (κ2) is 17.9. The molecule has 0 atom stereocenters. The lowest BCUT2D eigenvalue weighted by molar-refractivity contribution is -0.126. The fourth-order valence-electron chi connectivity index (χ4n) is 1.37. The normalized spacial score (nSPS) is 10.0. The van der Waals surface area contributed by atoms with E-state index in [1.165, 1.54) is 28.5 Å². The van der Waals surface area contributed by atoms with Gasteiger partial charge in [-0.25, -0.2) is 0 Å². The van der Waals surface area contributed by atoms with Crippen molar-refractivity contribution in [2.45, 2.75) is 52.8 Å². The average molecular weight is 397 g/mol. The van der Waals surface area contributed by atoms with Crippen LogP contribution in [0.15, 0.2) is 0 Å². The summed E-state index contributed by atoms with van der Waals surface area (Å²) in [5.41, 5.74) is 0. The first-order chi connectivity index (χ1) is 11.9. The van der Waals surface area contributed by atoms with E-state index < -0.39 is 0 Å². The first kappa shape index (κ1) is 26.4. The smallest absolute Gasteiger partial charge is 0.246 e. The van der Waals surface area contributed by atoms with E-state index in [0.717, 1.165) is 6.42 Å². The van der Waals surface area contributed by atoms with E-state index in [1.54, 1.807) is 0 Å². The molecule has 0 aromatic heterocycles. The molecule has 2 N–H and O–H groups in total. The van der Waals surface area contributed by atoms with Crippen LogP contribution in [0.4, 0.5) is 0 Å². The summed E-state index contributed by atoms with van der Waals surface area (Å²) in [6, 6.07) is 0. The van der Waals surface area contributed by atoms with Crippen molar-refractivity contribution in [2.75, 3.05) is 32.3 Å². The van der Waals surface area contributed by atoms with Crippen LogP contribution in [-0.4, -0.2) is 49.0 Å². The van der Waals surface area contributed by atoms with Gasteiger partial charge in [-0.2, -0.15) is 0 Å². The third kappa shape index (κ3) is 21.1. The number of carbonyl (C=O) groups is 2. The lowest BCUT2D eigenvalue weighted by atomic mass is 10.4. The van der Waals surface area contributed by atoms with Crippen LogP contribution in [0.3, 0.4) is 0 Å². The zero-order valence-electron chi connectivity index (χ0n) is 16.2. The maximum atomic E-state index is 11.4. The molecule has 0 bridgehead atoms. The first-order valence-corrected chi connectivity index (χ1v) is 10.7. The maximum absolute atomic E-state index is 11.4. The highest BCUT2D eigenvalue weighted by Crippen LogP contribution is 2.33. The van der Waals surface area contributed by atoms with Crippen LogP contribution in [0.5, 0.6) is 0 Å². The van der Waals surface area contributed by atoms with Crippen LogP contribution >= 0.6 is 21.6 Å². The van der Waals surface area contributed by atoms with Crippen molar-refractivity contribution in [1.82, 2.24) is 10.6 Å². The number of hydrogen-bond acceptors (Lipinski definition) is 6. The molecular weight excluding hydrogens is 360 g/mol. The lowest BCUT2D eigenvalue weighted by Gasteiger charge is -2.23. The standard InChI is InChI=1S/C15H26N2O4S2.C2H6.2H2/c1-5-6-7-8-16-14(19)11-20-9-10-21-12-22-23-15(3,4)17-13(2)18;1-2;;/h5,8-12H2,1-4H3,(H,16,19)(H,17,18);1-2H3;2*1H. The Kier molecular flexibility index (Phi) is 18.9. The highest BCUT2D eigenvalue weighted by molar-refractivity contribution is 8.77. The van der Waals surface area contributed by atoms with Crippen molar-refractivity contribution in [3.63, 3.8) is 0 Å². The first-order valence-electron chi connectivity index (χ1n) is 8.34. The van der Waals surface area contributed by atoms with Crippen LogP contribution in [0.2, 0.25) is 0 Å². The molecule has 6 nitrogen and oxygen atoms in total. The fourth-order valence-corrected chi connectivity index (χ4v) is 3.44. The number of amides is 2. The topological polar surface area (TPSA) is 76.7 Å².